The van der Waals surface area contributed by atoms with E-state index in [0.717, 1.165) is 19.5 Å². The predicted molar refractivity (Wildman–Crippen MR) is 80.6 cm³/mol. The summed E-state index contributed by atoms with van der Waals surface area (Å²) in [6.07, 6.45) is 0.891. The first-order valence-electron chi connectivity index (χ1n) is 7.33. The van der Waals surface area contributed by atoms with Crippen molar-refractivity contribution in [3.8, 4) is 5.75 Å². The van der Waals surface area contributed by atoms with E-state index in [1.165, 1.54) is 0 Å². The molecule has 1 aromatic carbocycles. The van der Waals surface area contributed by atoms with Gasteiger partial charge in [-0.3, -0.25) is 14.5 Å². The van der Waals surface area contributed by atoms with E-state index in [-0.39, 0.29) is 18.2 Å². The highest BCUT2D eigenvalue weighted by atomic mass is 16.5. The first-order chi connectivity index (χ1) is 10.1. The van der Waals surface area contributed by atoms with Gasteiger partial charge in [-0.15, -0.1) is 0 Å². The summed E-state index contributed by atoms with van der Waals surface area (Å²) >= 11 is 0. The number of carbonyl (C=O) groups is 2. The Morgan fingerprint density at radius 1 is 1.29 bits per heavy atom. The van der Waals surface area contributed by atoms with Crippen LogP contribution in [0.4, 0.5) is 0 Å². The van der Waals surface area contributed by atoms with Gasteiger partial charge in [0.2, 0.25) is 5.91 Å². The number of likely N-dealkylation sites (N-methyl/N-ethyl adjacent to an activating group) is 1. The lowest BCUT2D eigenvalue weighted by molar-refractivity contribution is -0.129. The van der Waals surface area contributed by atoms with E-state index in [1.807, 2.05) is 24.0 Å². The van der Waals surface area contributed by atoms with E-state index in [0.29, 0.717) is 24.5 Å². The summed E-state index contributed by atoms with van der Waals surface area (Å²) in [6.45, 7) is 4.49. The number of para-hydroxylation sites is 1. The van der Waals surface area contributed by atoms with Crippen LogP contribution >= 0.6 is 0 Å². The van der Waals surface area contributed by atoms with Gasteiger partial charge in [-0.2, -0.15) is 0 Å². The minimum atomic E-state index is -0.00333. The van der Waals surface area contributed by atoms with Gasteiger partial charge in [-0.1, -0.05) is 12.1 Å². The van der Waals surface area contributed by atoms with Crippen LogP contribution in [0.25, 0.3) is 0 Å². The van der Waals surface area contributed by atoms with Crippen molar-refractivity contribution in [2.75, 3.05) is 39.8 Å². The maximum atomic E-state index is 12.5. The molecule has 1 heterocycles. The molecule has 1 aliphatic rings. The number of benzene rings is 1. The highest BCUT2D eigenvalue weighted by Crippen LogP contribution is 2.19. The molecular formula is C16H22N2O3. The number of hydrogen-bond acceptors (Lipinski definition) is 4. The SMILES string of the molecule is CCOc1ccccc1C(=O)CN1CCCN(C)C(=O)C1. The Kier molecular flexibility index (Phi) is 5.33. The average Bonchev–Trinajstić information content (AvgIpc) is 2.62. The van der Waals surface area contributed by atoms with Gasteiger partial charge < -0.3 is 9.64 Å². The van der Waals surface area contributed by atoms with Crippen LogP contribution in [0.5, 0.6) is 5.75 Å². The van der Waals surface area contributed by atoms with Crippen LogP contribution in [-0.2, 0) is 4.79 Å². The molecule has 0 bridgehead atoms. The van der Waals surface area contributed by atoms with Gasteiger partial charge in [0.25, 0.3) is 0 Å². The number of rotatable bonds is 5. The molecule has 0 aliphatic carbocycles. The quantitative estimate of drug-likeness (QED) is 0.770. The molecule has 0 aromatic heterocycles. The summed E-state index contributed by atoms with van der Waals surface area (Å²) in [5, 5.41) is 0. The molecule has 1 aliphatic heterocycles. The van der Waals surface area contributed by atoms with Crippen LogP contribution in [0.15, 0.2) is 24.3 Å². The van der Waals surface area contributed by atoms with E-state index in [4.69, 9.17) is 4.74 Å². The molecule has 0 atom stereocenters. The van der Waals surface area contributed by atoms with Gasteiger partial charge in [-0.25, -0.2) is 0 Å². The maximum absolute atomic E-state index is 12.5. The van der Waals surface area contributed by atoms with Crippen LogP contribution < -0.4 is 4.74 Å². The van der Waals surface area contributed by atoms with Crippen molar-refractivity contribution in [3.05, 3.63) is 29.8 Å². The number of carbonyl (C=O) groups excluding carboxylic acids is 2. The monoisotopic (exact) mass is 290 g/mol. The third-order valence-electron chi connectivity index (χ3n) is 3.61. The second-order valence-corrected chi connectivity index (χ2v) is 5.23. The van der Waals surface area contributed by atoms with Crippen molar-refractivity contribution in [2.45, 2.75) is 13.3 Å². The summed E-state index contributed by atoms with van der Waals surface area (Å²) in [5.74, 6) is 0.679. The molecule has 0 spiro atoms. The number of Topliss-reactive ketones (excluding diaryl/α,β-unsaturated/α-hetero) is 1. The molecule has 1 fully saturated rings. The lowest BCUT2D eigenvalue weighted by Gasteiger charge is -2.19. The number of amides is 1. The zero-order valence-electron chi connectivity index (χ0n) is 12.7. The zero-order valence-corrected chi connectivity index (χ0v) is 12.7. The lowest BCUT2D eigenvalue weighted by Crippen LogP contribution is -2.37. The van der Waals surface area contributed by atoms with Crippen molar-refractivity contribution in [1.29, 1.82) is 0 Å². The van der Waals surface area contributed by atoms with E-state index >= 15 is 0 Å². The fourth-order valence-electron chi connectivity index (χ4n) is 2.45. The van der Waals surface area contributed by atoms with Crippen molar-refractivity contribution in [3.63, 3.8) is 0 Å². The van der Waals surface area contributed by atoms with Crippen LogP contribution in [0.2, 0.25) is 0 Å². The van der Waals surface area contributed by atoms with Gasteiger partial charge in [-0.05, 0) is 25.5 Å². The highest BCUT2D eigenvalue weighted by Gasteiger charge is 2.22. The molecule has 5 heteroatoms. The summed E-state index contributed by atoms with van der Waals surface area (Å²) in [4.78, 5) is 28.0. The second kappa shape index (κ2) is 7.22. The molecule has 5 nitrogen and oxygen atoms in total. The molecule has 1 aromatic rings. The fraction of sp³-hybridized carbons (Fsp3) is 0.500. The minimum absolute atomic E-state index is 0.00333. The number of hydrogen-bond donors (Lipinski definition) is 0. The topological polar surface area (TPSA) is 49.9 Å². The Morgan fingerprint density at radius 2 is 2.05 bits per heavy atom. The van der Waals surface area contributed by atoms with E-state index in [2.05, 4.69) is 0 Å². The van der Waals surface area contributed by atoms with Gasteiger partial charge in [0, 0.05) is 20.1 Å². The third kappa shape index (κ3) is 4.04. The van der Waals surface area contributed by atoms with Crippen molar-refractivity contribution in [2.24, 2.45) is 0 Å². The fourth-order valence-corrected chi connectivity index (χ4v) is 2.45. The summed E-state index contributed by atoms with van der Waals surface area (Å²) in [5.41, 5.74) is 0.587. The molecule has 2 rings (SSSR count). The van der Waals surface area contributed by atoms with E-state index in [9.17, 15) is 9.59 Å². The van der Waals surface area contributed by atoms with Gasteiger partial charge in [0.05, 0.1) is 25.3 Å². The van der Waals surface area contributed by atoms with E-state index < -0.39 is 0 Å². The summed E-state index contributed by atoms with van der Waals surface area (Å²) < 4.78 is 5.50. The molecule has 114 valence electrons. The lowest BCUT2D eigenvalue weighted by atomic mass is 10.1. The Balaban J connectivity index is 2.05. The Bertz CT molecular complexity index is 516. The summed E-state index contributed by atoms with van der Waals surface area (Å²) in [6, 6.07) is 7.26. The third-order valence-corrected chi connectivity index (χ3v) is 3.61. The van der Waals surface area contributed by atoms with Gasteiger partial charge >= 0.3 is 0 Å². The van der Waals surface area contributed by atoms with Crippen LogP contribution in [0.3, 0.4) is 0 Å². The minimum Gasteiger partial charge on any atom is -0.493 e. The molecule has 0 unspecified atom stereocenters. The van der Waals surface area contributed by atoms with Crippen LogP contribution in [-0.4, -0.2) is 61.3 Å². The molecule has 1 amide bonds. The summed E-state index contributed by atoms with van der Waals surface area (Å²) in [7, 11) is 1.80. The van der Waals surface area contributed by atoms with Gasteiger partial charge in [0.1, 0.15) is 5.75 Å². The highest BCUT2D eigenvalue weighted by molar-refractivity contribution is 6.00. The first-order valence-corrected chi connectivity index (χ1v) is 7.33. The molecule has 1 saturated heterocycles. The molecular weight excluding hydrogens is 268 g/mol. The standard InChI is InChI=1S/C16H22N2O3/c1-3-21-15-8-5-4-7-13(15)14(19)11-18-10-6-9-17(2)16(20)12-18/h4-5,7-8H,3,6,9-12H2,1-2H3. The predicted octanol–water partition coefficient (Wildman–Crippen LogP) is 1.43. The Hall–Kier alpha value is -1.88. The van der Waals surface area contributed by atoms with Crippen LogP contribution in [0.1, 0.15) is 23.7 Å². The average molecular weight is 290 g/mol. The normalized spacial score (nSPS) is 16.7. The number of nitrogens with zero attached hydrogens (tertiary/aromatic N) is 2. The van der Waals surface area contributed by atoms with Crippen molar-refractivity contribution >= 4 is 11.7 Å². The van der Waals surface area contributed by atoms with E-state index in [1.54, 1.807) is 24.1 Å². The molecule has 21 heavy (non-hydrogen) atoms. The number of ketones is 1. The van der Waals surface area contributed by atoms with Crippen molar-refractivity contribution < 1.29 is 14.3 Å². The van der Waals surface area contributed by atoms with Crippen LogP contribution in [0, 0.1) is 0 Å². The molecule has 0 saturated carbocycles. The number of ether oxygens (including phenoxy) is 1. The van der Waals surface area contributed by atoms with Gasteiger partial charge in [0.15, 0.2) is 5.78 Å². The maximum Gasteiger partial charge on any atom is 0.236 e. The molecule has 0 radical (unpaired) electrons. The second-order valence-electron chi connectivity index (χ2n) is 5.23. The molecule has 0 N–H and O–H groups in total. The smallest absolute Gasteiger partial charge is 0.236 e. The van der Waals surface area contributed by atoms with Crippen molar-refractivity contribution in [1.82, 2.24) is 9.80 Å². The zero-order chi connectivity index (χ0) is 15.2. The Morgan fingerprint density at radius 3 is 2.81 bits per heavy atom. The Labute approximate surface area is 125 Å². The first kappa shape index (κ1) is 15.5. The largest absolute Gasteiger partial charge is 0.493 e.